The van der Waals surface area contributed by atoms with Gasteiger partial charge < -0.3 is 12.1 Å². The average molecular weight is 52.0 g/mol. The maximum atomic E-state index is 4.25. The molecule has 4 heavy (non-hydrogen) atoms. The Bertz CT molecular complexity index is 6.00. The van der Waals surface area contributed by atoms with Crippen LogP contribution in [-0.4, -0.2) is 5.48 Å². The fourth-order valence-electron chi connectivity index (χ4n) is 0. The predicted octanol–water partition coefficient (Wildman–Crippen LogP) is -3.22. The molecule has 0 amide bonds. The van der Waals surface area contributed by atoms with E-state index in [1.807, 2.05) is 0 Å². The first-order valence-electron chi connectivity index (χ1n) is 0.408. The second-order valence-corrected chi connectivity index (χ2v) is 0. The normalized spacial score (nSPS) is 1.00. The Morgan fingerprint density at radius 2 is 1.25 bits per heavy atom. The Balaban J connectivity index is -0.00000000500. The summed E-state index contributed by atoms with van der Waals surface area (Å²) < 4.78 is 0. The number of hydrogen-bond acceptors (Lipinski definition) is 0. The van der Waals surface area contributed by atoms with Gasteiger partial charge in [-0.2, -0.15) is 0 Å². The summed E-state index contributed by atoms with van der Waals surface area (Å²) in [7, 11) is 0. The van der Waals surface area contributed by atoms with Crippen LogP contribution in [-0.2, 0) is 0 Å². The van der Waals surface area contributed by atoms with E-state index in [4.69, 9.17) is 0 Å². The monoisotopic (exact) mass is 52.1 g/mol. The molecule has 0 saturated heterocycles. The maximum Gasteiger partial charge on any atom is 1.00 e. The molecule has 2 N–H and O–H groups in total. The van der Waals surface area contributed by atoms with Crippen LogP contribution < -0.4 is 18.9 Å². The molecule has 0 rings (SSSR count). The number of hydrogen-bond donors (Lipinski definition) is 0. The van der Waals surface area contributed by atoms with Gasteiger partial charge in [0, 0.05) is 0 Å². The van der Waals surface area contributed by atoms with Crippen molar-refractivity contribution in [1.82, 2.24) is 0 Å². The quantitative estimate of drug-likeness (QED) is 0.205. The average Bonchev–Trinajstić information content (AvgIpc) is 1.00. The Kier molecular flexibility index (Phi) is 1370. The van der Waals surface area contributed by atoms with E-state index in [1.54, 1.807) is 0 Å². The van der Waals surface area contributed by atoms with E-state index in [0.29, 0.717) is 0 Å². The molecule has 0 spiro atoms. The maximum absolute atomic E-state index is 4.25. The van der Waals surface area contributed by atoms with Crippen molar-refractivity contribution in [3.8, 4) is 0 Å². The molecule has 0 aromatic carbocycles. The molecule has 0 aliphatic carbocycles. The third kappa shape index (κ3) is 43.7. The van der Waals surface area contributed by atoms with Gasteiger partial charge in [0.05, 0.1) is 0 Å². The molecule has 2 heteroatoms. The fourth-order valence-corrected chi connectivity index (χ4v) is 0. The van der Waals surface area contributed by atoms with Crippen LogP contribution in [0, 0.1) is 6.58 Å². The Morgan fingerprint density at radius 3 is 1.25 bits per heavy atom. The Labute approximate surface area is 38.2 Å². The topological polar surface area (TPSA) is 31.5 Å². The first kappa shape index (κ1) is 27.8. The van der Waals surface area contributed by atoms with Crippen molar-refractivity contribution >= 4 is 0 Å². The minimum atomic E-state index is 0. The van der Waals surface area contributed by atoms with Gasteiger partial charge in [0.1, 0.15) is 0 Å². The van der Waals surface area contributed by atoms with Crippen LogP contribution in [0.25, 0.3) is 0 Å². The van der Waals surface area contributed by atoms with Gasteiger partial charge in [-0.05, 0) is 0 Å². The number of rotatable bonds is 0. The van der Waals surface area contributed by atoms with Gasteiger partial charge in [0.25, 0.3) is 0 Å². The van der Waals surface area contributed by atoms with Gasteiger partial charge in [-0.3, -0.25) is 6.58 Å². The van der Waals surface area contributed by atoms with Crippen LogP contribution >= 0.6 is 0 Å². The molecule has 0 aliphatic rings. The van der Waals surface area contributed by atoms with Crippen LogP contribution in [0.2, 0.25) is 0 Å². The molecule has 20 valence electrons. The predicted molar refractivity (Wildman–Crippen MR) is 13.5 cm³/mol. The Morgan fingerprint density at radius 1 is 1.25 bits per heavy atom. The van der Waals surface area contributed by atoms with Gasteiger partial charge in [-0.1, -0.05) is 0 Å². The summed E-state index contributed by atoms with van der Waals surface area (Å²) >= 11 is 0. The summed E-state index contributed by atoms with van der Waals surface area (Å²) in [5.74, 6) is 0. The summed E-state index contributed by atoms with van der Waals surface area (Å²) in [4.78, 5) is 0. The van der Waals surface area contributed by atoms with Gasteiger partial charge >= 0.3 is 18.9 Å². The molecule has 1 nitrogen and oxygen atoms in total. The molecule has 0 radical (unpaired) electrons. The van der Waals surface area contributed by atoms with E-state index in [0.717, 1.165) is 0 Å². The summed E-state index contributed by atoms with van der Waals surface area (Å²) in [6.45, 7) is 7.00. The van der Waals surface area contributed by atoms with Gasteiger partial charge in [-0.25, -0.2) is 0 Å². The fraction of sp³-hybridized carbons (Fsp3) is 0. The van der Waals surface area contributed by atoms with E-state index in [9.17, 15) is 0 Å². The third-order valence-corrected chi connectivity index (χ3v) is 0. The molecular weight excluding hydrogens is 47.0 g/mol. The zero-order valence-electron chi connectivity index (χ0n) is 2.78. The largest absolute Gasteiger partial charge is 1.00 e. The third-order valence-electron chi connectivity index (χ3n) is 0. The minimum absolute atomic E-state index is 0. The zero-order valence-corrected chi connectivity index (χ0v) is 2.78. The van der Waals surface area contributed by atoms with Gasteiger partial charge in [-0.15, -0.1) is 0 Å². The first-order valence-corrected chi connectivity index (χ1v) is 0.408. The molecular formula is C2H5LiO. The molecule has 0 heterocycles. The second kappa shape index (κ2) is 197. The van der Waals surface area contributed by atoms with Crippen molar-refractivity contribution in [2.45, 2.75) is 0 Å². The minimum Gasteiger partial charge on any atom is -0.521 e. The van der Waals surface area contributed by atoms with Gasteiger partial charge in [0.2, 0.25) is 0 Å². The molecule has 0 aromatic heterocycles. The molecule has 0 fully saturated rings. The first-order chi connectivity index (χ1) is 1.00. The van der Waals surface area contributed by atoms with Crippen molar-refractivity contribution < 1.29 is 24.3 Å². The van der Waals surface area contributed by atoms with Crippen LogP contribution in [0.3, 0.4) is 0 Å². The Hall–Kier alpha value is 0.297. The SMILES string of the molecule is O.[CH-]=C.[Li+]. The van der Waals surface area contributed by atoms with Crippen LogP contribution in [0.5, 0.6) is 0 Å². The van der Waals surface area contributed by atoms with Gasteiger partial charge in [0.15, 0.2) is 0 Å². The molecule has 0 unspecified atom stereocenters. The summed E-state index contributed by atoms with van der Waals surface area (Å²) in [5, 5.41) is 0. The van der Waals surface area contributed by atoms with E-state index >= 15 is 0 Å². The van der Waals surface area contributed by atoms with Crippen molar-refractivity contribution in [1.29, 1.82) is 0 Å². The second-order valence-electron chi connectivity index (χ2n) is 0. The van der Waals surface area contributed by atoms with Crippen molar-refractivity contribution in [2.75, 3.05) is 0 Å². The van der Waals surface area contributed by atoms with Crippen LogP contribution in [0.1, 0.15) is 0 Å². The zero-order chi connectivity index (χ0) is 2.00. The van der Waals surface area contributed by atoms with E-state index in [2.05, 4.69) is 13.2 Å². The molecule has 0 atom stereocenters. The molecule has 0 saturated carbocycles. The van der Waals surface area contributed by atoms with Crippen LogP contribution in [0.15, 0.2) is 6.58 Å². The summed E-state index contributed by atoms with van der Waals surface area (Å²) in [5.41, 5.74) is 0. The van der Waals surface area contributed by atoms with Crippen LogP contribution in [0.4, 0.5) is 0 Å². The smallest absolute Gasteiger partial charge is 0.521 e. The van der Waals surface area contributed by atoms with Crippen molar-refractivity contribution in [3.05, 3.63) is 13.2 Å². The van der Waals surface area contributed by atoms with Crippen molar-refractivity contribution in [2.24, 2.45) is 0 Å². The standard InChI is InChI=1S/C2H3.Li.H2O/c1-2;;/h1H,2H2;;1H2/q-1;+1;. The summed E-state index contributed by atoms with van der Waals surface area (Å²) in [6, 6.07) is 0. The van der Waals surface area contributed by atoms with E-state index < -0.39 is 0 Å². The van der Waals surface area contributed by atoms with E-state index in [1.165, 1.54) is 0 Å². The molecule has 0 aliphatic heterocycles. The van der Waals surface area contributed by atoms with Crippen molar-refractivity contribution in [3.63, 3.8) is 0 Å². The molecule has 0 bridgehead atoms. The summed E-state index contributed by atoms with van der Waals surface area (Å²) in [6.07, 6.45) is 0. The van der Waals surface area contributed by atoms with E-state index in [-0.39, 0.29) is 24.3 Å². The molecule has 0 aromatic rings.